The Bertz CT molecular complexity index is 248. The van der Waals surface area contributed by atoms with E-state index in [4.69, 9.17) is 53.2 Å². The number of rotatable bonds is 0. The molecule has 0 amide bonds. The number of hydrogen-bond donors (Lipinski definition) is 3. The molecule has 2 radical (unpaired) electrons. The zero-order chi connectivity index (χ0) is 17.9. The first-order chi connectivity index (χ1) is 11.4. The summed E-state index contributed by atoms with van der Waals surface area (Å²) >= 11 is 14.9. The molecule has 3 aliphatic carbocycles. The fourth-order valence-corrected chi connectivity index (χ4v) is 4.14. The molecular weight excluding hydrogens is 482 g/mol. The molecule has 25 heavy (non-hydrogen) atoms. The van der Waals surface area contributed by atoms with Crippen molar-refractivity contribution in [1.82, 2.24) is 0 Å². The summed E-state index contributed by atoms with van der Waals surface area (Å²) < 4.78 is 0. The molecule has 3 saturated carbocycles. The van der Waals surface area contributed by atoms with Crippen molar-refractivity contribution in [2.45, 2.75) is 111 Å². The molecule has 3 aliphatic rings. The van der Waals surface area contributed by atoms with Crippen LogP contribution >= 0.6 is 0 Å². The second kappa shape index (κ2) is 15.6. The predicted molar refractivity (Wildman–Crippen MR) is 113 cm³/mol. The summed E-state index contributed by atoms with van der Waals surface area (Å²) in [4.78, 5) is 0. The van der Waals surface area contributed by atoms with E-state index in [1.165, 1.54) is 19.3 Å². The molecule has 3 nitrogen and oxygen atoms in total. The molecule has 0 aromatic carbocycles. The third-order valence-electron chi connectivity index (χ3n) is 5.00. The van der Waals surface area contributed by atoms with Gasteiger partial charge in [0.05, 0.1) is 0 Å². The molecule has 146 valence electrons. The van der Waals surface area contributed by atoms with E-state index >= 15 is 0 Å². The average molecular weight is 515 g/mol. The van der Waals surface area contributed by atoms with Crippen molar-refractivity contribution in [2.75, 3.05) is 0 Å². The van der Waals surface area contributed by atoms with Crippen LogP contribution in [0.15, 0.2) is 0 Å². The van der Waals surface area contributed by atoms with Gasteiger partial charge in [0.1, 0.15) is 0 Å². The summed E-state index contributed by atoms with van der Waals surface area (Å²) in [6.07, 6.45) is 12.5. The Balaban J connectivity index is 0.000000339. The Morgan fingerprint density at radius 2 is 0.640 bits per heavy atom. The fourth-order valence-electron chi connectivity index (χ4n) is 3.23. The molecule has 0 aromatic rings. The summed E-state index contributed by atoms with van der Waals surface area (Å²) in [5, 5.41) is 27.6. The van der Waals surface area contributed by atoms with Crippen LogP contribution in [-0.2, 0) is 37.9 Å². The second-order valence-electron chi connectivity index (χ2n) is 7.17. The van der Waals surface area contributed by atoms with Crippen LogP contribution < -0.4 is 0 Å². The average Bonchev–Trinajstić information content (AvgIpc) is 2.57. The molecular formula is C18H33O3S3Sb. The van der Waals surface area contributed by atoms with Gasteiger partial charge in [0.2, 0.25) is 0 Å². The minimum atomic E-state index is -0.182. The summed E-state index contributed by atoms with van der Waals surface area (Å²) in [5.74, 6) is 0. The first kappa shape index (κ1) is 26.7. The predicted octanol–water partition coefficient (Wildman–Crippen LogP) is 2.13. The van der Waals surface area contributed by atoms with E-state index in [0.29, 0.717) is 0 Å². The SMILES string of the molecule is OC1CCCCC1[S-].OC1CCCCC1[S-].OC1CCCCC1[S-].[Sb+3]. The van der Waals surface area contributed by atoms with Crippen molar-refractivity contribution in [3.05, 3.63) is 0 Å². The summed E-state index contributed by atoms with van der Waals surface area (Å²) in [7, 11) is 0. The molecule has 6 unspecified atom stereocenters. The van der Waals surface area contributed by atoms with Crippen molar-refractivity contribution < 1.29 is 15.3 Å². The van der Waals surface area contributed by atoms with Gasteiger partial charge in [-0.3, -0.25) is 0 Å². The van der Waals surface area contributed by atoms with Crippen LogP contribution in [-0.4, -0.2) is 73.8 Å². The van der Waals surface area contributed by atoms with Gasteiger partial charge >= 0.3 is 24.4 Å². The molecule has 0 heterocycles. The van der Waals surface area contributed by atoms with Crippen LogP contribution in [0.4, 0.5) is 0 Å². The zero-order valence-corrected chi connectivity index (χ0v) is 20.0. The molecule has 0 bridgehead atoms. The maximum atomic E-state index is 9.07. The van der Waals surface area contributed by atoms with Gasteiger partial charge in [-0.25, -0.2) is 0 Å². The first-order valence-corrected chi connectivity index (χ1v) is 10.8. The van der Waals surface area contributed by atoms with Crippen molar-refractivity contribution in [3.63, 3.8) is 0 Å². The zero-order valence-electron chi connectivity index (χ0n) is 15.0. The second-order valence-corrected chi connectivity index (χ2v) is 8.99. The molecule has 3 fully saturated rings. The quantitative estimate of drug-likeness (QED) is 0.340. The smallest absolute Gasteiger partial charge is 0.787 e. The molecule has 6 atom stereocenters. The van der Waals surface area contributed by atoms with E-state index in [1.807, 2.05) is 0 Å². The van der Waals surface area contributed by atoms with Crippen LogP contribution in [0.2, 0.25) is 0 Å². The van der Waals surface area contributed by atoms with Gasteiger partial charge in [0, 0.05) is 18.3 Å². The Labute approximate surface area is 187 Å². The van der Waals surface area contributed by atoms with Crippen molar-refractivity contribution >= 4 is 62.3 Å². The minimum Gasteiger partial charge on any atom is -0.787 e. The van der Waals surface area contributed by atoms with E-state index in [2.05, 4.69) is 0 Å². The summed E-state index contributed by atoms with van der Waals surface area (Å²) in [6.45, 7) is 0. The molecule has 0 spiro atoms. The van der Waals surface area contributed by atoms with E-state index in [0.717, 1.165) is 57.8 Å². The van der Waals surface area contributed by atoms with Crippen LogP contribution in [0.5, 0.6) is 0 Å². The van der Waals surface area contributed by atoms with Crippen molar-refractivity contribution in [3.8, 4) is 0 Å². The van der Waals surface area contributed by atoms with Crippen LogP contribution in [0.1, 0.15) is 77.0 Å². The maximum absolute atomic E-state index is 9.07. The normalized spacial score (nSPS) is 38.2. The third-order valence-corrected chi connectivity index (χ3v) is 6.65. The maximum Gasteiger partial charge on any atom is 3.00 e. The number of aliphatic hydroxyl groups is 3. The third kappa shape index (κ3) is 12.0. The Morgan fingerprint density at radius 3 is 0.760 bits per heavy atom. The number of hydrogen-bond acceptors (Lipinski definition) is 6. The molecule has 3 rings (SSSR count). The van der Waals surface area contributed by atoms with E-state index in [1.54, 1.807) is 0 Å². The summed E-state index contributed by atoms with van der Waals surface area (Å²) in [5.41, 5.74) is 0. The Kier molecular flexibility index (Phi) is 16.7. The molecule has 0 saturated heterocycles. The van der Waals surface area contributed by atoms with Crippen LogP contribution in [0.3, 0.4) is 0 Å². The minimum absolute atomic E-state index is 0. The van der Waals surface area contributed by atoms with Gasteiger partial charge in [-0.2, -0.15) is 0 Å². The largest absolute Gasteiger partial charge is 3.00 e. The van der Waals surface area contributed by atoms with Gasteiger partial charge in [0.15, 0.2) is 0 Å². The van der Waals surface area contributed by atoms with Crippen molar-refractivity contribution in [1.29, 1.82) is 0 Å². The topological polar surface area (TPSA) is 60.7 Å². The van der Waals surface area contributed by atoms with Gasteiger partial charge in [0.25, 0.3) is 0 Å². The Hall–Kier alpha value is 1.75. The van der Waals surface area contributed by atoms with E-state index in [9.17, 15) is 0 Å². The van der Waals surface area contributed by atoms with Crippen LogP contribution in [0.25, 0.3) is 0 Å². The number of aliphatic hydroxyl groups excluding tert-OH is 3. The molecule has 0 aliphatic heterocycles. The van der Waals surface area contributed by atoms with Gasteiger partial charge < -0.3 is 53.2 Å². The van der Waals surface area contributed by atoms with Crippen LogP contribution in [0, 0.1) is 0 Å². The van der Waals surface area contributed by atoms with E-state index < -0.39 is 0 Å². The molecule has 0 aromatic heterocycles. The van der Waals surface area contributed by atoms with Crippen molar-refractivity contribution in [2.24, 2.45) is 0 Å². The molecule has 7 heteroatoms. The monoisotopic (exact) mass is 514 g/mol. The Morgan fingerprint density at radius 1 is 0.440 bits per heavy atom. The van der Waals surface area contributed by atoms with E-state index in [-0.39, 0.29) is 58.5 Å². The first-order valence-electron chi connectivity index (χ1n) is 9.43. The van der Waals surface area contributed by atoms with Gasteiger partial charge in [-0.1, -0.05) is 57.8 Å². The van der Waals surface area contributed by atoms with Gasteiger partial charge in [-0.05, 0) is 19.3 Å². The fraction of sp³-hybridized carbons (Fsp3) is 1.00. The summed E-state index contributed by atoms with van der Waals surface area (Å²) in [6, 6.07) is 0. The molecule has 3 N–H and O–H groups in total. The standard InChI is InChI=1S/3C6H12OS.Sb/c3*7-5-3-1-2-4-6(5)8;/h3*5-8H,1-4H2;/q;;;+3/p-3. The van der Waals surface area contributed by atoms with Gasteiger partial charge in [-0.15, -0.1) is 15.7 Å².